The van der Waals surface area contributed by atoms with E-state index in [2.05, 4.69) is 5.32 Å². The normalized spacial score (nSPS) is 14.3. The van der Waals surface area contributed by atoms with Crippen LogP contribution in [0.2, 0.25) is 0 Å². The van der Waals surface area contributed by atoms with Crippen LogP contribution in [0.4, 0.5) is 0 Å². The molecule has 1 atom stereocenters. The molecule has 1 aliphatic rings. The molecule has 0 spiro atoms. The second-order valence-corrected chi connectivity index (χ2v) is 9.26. The maximum Gasteiger partial charge on any atom is 0.261 e. The molecule has 0 aromatic heterocycles. The highest BCUT2D eigenvalue weighted by Crippen LogP contribution is 2.21. The fourth-order valence-corrected chi connectivity index (χ4v) is 4.64. The van der Waals surface area contributed by atoms with E-state index in [0.29, 0.717) is 18.7 Å². The summed E-state index contributed by atoms with van der Waals surface area (Å²) in [5.41, 5.74) is 2.96. The average Bonchev–Trinajstić information content (AvgIpc) is 3.39. The minimum Gasteiger partial charge on any atom is -0.484 e. The molecule has 5 heteroatoms. The highest BCUT2D eigenvalue weighted by atomic mass is 16.5. The second kappa shape index (κ2) is 12.2. The highest BCUT2D eigenvalue weighted by molar-refractivity contribution is 5.88. The summed E-state index contributed by atoms with van der Waals surface area (Å²) < 4.78 is 5.91. The monoisotopic (exact) mass is 470 g/mol. The summed E-state index contributed by atoms with van der Waals surface area (Å²) in [6.07, 6.45) is 4.69. The van der Waals surface area contributed by atoms with E-state index in [-0.39, 0.29) is 24.5 Å². The van der Waals surface area contributed by atoms with Gasteiger partial charge >= 0.3 is 0 Å². The summed E-state index contributed by atoms with van der Waals surface area (Å²) in [7, 11) is 0. The molecule has 1 aliphatic carbocycles. The second-order valence-electron chi connectivity index (χ2n) is 9.26. The Hall–Kier alpha value is -3.60. The number of rotatable bonds is 10. The van der Waals surface area contributed by atoms with Crippen molar-refractivity contribution in [3.05, 3.63) is 102 Å². The van der Waals surface area contributed by atoms with Crippen molar-refractivity contribution in [2.75, 3.05) is 6.61 Å². The van der Waals surface area contributed by atoms with E-state index in [4.69, 9.17) is 4.74 Å². The molecule has 35 heavy (non-hydrogen) atoms. The maximum atomic E-state index is 13.6. The fraction of sp³-hybridized carbons (Fsp3) is 0.333. The molecule has 2 amide bonds. The summed E-state index contributed by atoms with van der Waals surface area (Å²) >= 11 is 0. The van der Waals surface area contributed by atoms with Crippen LogP contribution in [0.3, 0.4) is 0 Å². The molecule has 3 aromatic carbocycles. The predicted octanol–water partition coefficient (Wildman–Crippen LogP) is 5.07. The molecule has 1 N–H and O–H groups in total. The number of amides is 2. The minimum absolute atomic E-state index is 0.0964. The molecular formula is C30H34N2O3. The van der Waals surface area contributed by atoms with Gasteiger partial charge in [0.15, 0.2) is 6.61 Å². The number of para-hydroxylation sites is 1. The lowest BCUT2D eigenvalue weighted by Gasteiger charge is -2.32. The van der Waals surface area contributed by atoms with Crippen LogP contribution in [-0.4, -0.2) is 35.4 Å². The van der Waals surface area contributed by atoms with Crippen LogP contribution in [0.25, 0.3) is 0 Å². The van der Waals surface area contributed by atoms with E-state index in [9.17, 15) is 9.59 Å². The first kappa shape index (κ1) is 24.5. The third-order valence-electron chi connectivity index (χ3n) is 6.61. The van der Waals surface area contributed by atoms with E-state index in [1.54, 1.807) is 4.90 Å². The highest BCUT2D eigenvalue weighted by Gasteiger charge is 2.32. The van der Waals surface area contributed by atoms with Crippen molar-refractivity contribution >= 4 is 11.8 Å². The molecule has 3 aromatic rings. The summed E-state index contributed by atoms with van der Waals surface area (Å²) in [5, 5.41) is 3.23. The molecule has 0 saturated heterocycles. The van der Waals surface area contributed by atoms with Gasteiger partial charge in [-0.25, -0.2) is 0 Å². The van der Waals surface area contributed by atoms with Crippen molar-refractivity contribution in [2.24, 2.45) is 0 Å². The average molecular weight is 471 g/mol. The predicted molar refractivity (Wildman–Crippen MR) is 138 cm³/mol. The van der Waals surface area contributed by atoms with Gasteiger partial charge in [0, 0.05) is 19.0 Å². The zero-order chi connectivity index (χ0) is 24.5. The molecule has 0 aliphatic heterocycles. The standard InChI is InChI=1S/C30H34N2O3/c1-23-12-8-11-19-28(23)35-22-29(33)32(21-25-15-6-3-7-16-25)27(20-24-13-4-2-5-14-24)30(34)31-26-17-9-10-18-26/h2-8,11-16,19,26-27H,9-10,17-18,20-22H2,1H3,(H,31,34)/t27-/m1/s1. The summed E-state index contributed by atoms with van der Waals surface area (Å²) in [6, 6.07) is 26.9. The molecule has 1 saturated carbocycles. The Balaban J connectivity index is 1.60. The molecule has 1 fully saturated rings. The Labute approximate surface area is 208 Å². The number of hydrogen-bond donors (Lipinski definition) is 1. The van der Waals surface area contributed by atoms with Gasteiger partial charge in [0.1, 0.15) is 11.8 Å². The van der Waals surface area contributed by atoms with Gasteiger partial charge in [-0.2, -0.15) is 0 Å². The molecule has 5 nitrogen and oxygen atoms in total. The Morgan fingerprint density at radius 3 is 2.14 bits per heavy atom. The first-order valence-corrected chi connectivity index (χ1v) is 12.5. The van der Waals surface area contributed by atoms with Gasteiger partial charge in [0.05, 0.1) is 0 Å². The summed E-state index contributed by atoms with van der Waals surface area (Å²) in [5.74, 6) is 0.371. The van der Waals surface area contributed by atoms with Crippen LogP contribution in [0, 0.1) is 6.92 Å². The third-order valence-corrected chi connectivity index (χ3v) is 6.61. The van der Waals surface area contributed by atoms with Crippen LogP contribution < -0.4 is 10.1 Å². The molecule has 0 bridgehead atoms. The van der Waals surface area contributed by atoms with E-state index >= 15 is 0 Å². The third kappa shape index (κ3) is 6.95. The molecule has 0 radical (unpaired) electrons. The van der Waals surface area contributed by atoms with Crippen LogP contribution >= 0.6 is 0 Å². The largest absolute Gasteiger partial charge is 0.484 e. The Kier molecular flexibility index (Phi) is 8.55. The van der Waals surface area contributed by atoms with Gasteiger partial charge in [-0.15, -0.1) is 0 Å². The minimum atomic E-state index is -0.633. The number of hydrogen-bond acceptors (Lipinski definition) is 3. The van der Waals surface area contributed by atoms with Gasteiger partial charge in [-0.1, -0.05) is 91.7 Å². The quantitative estimate of drug-likeness (QED) is 0.450. The fourth-order valence-electron chi connectivity index (χ4n) is 4.64. The van der Waals surface area contributed by atoms with Crippen molar-refractivity contribution in [2.45, 2.75) is 57.7 Å². The van der Waals surface area contributed by atoms with E-state index in [1.807, 2.05) is 91.9 Å². The smallest absolute Gasteiger partial charge is 0.261 e. The van der Waals surface area contributed by atoms with Crippen LogP contribution in [-0.2, 0) is 22.6 Å². The van der Waals surface area contributed by atoms with E-state index < -0.39 is 6.04 Å². The zero-order valence-electron chi connectivity index (χ0n) is 20.4. The number of carbonyl (C=O) groups is 2. The van der Waals surface area contributed by atoms with Gasteiger partial charge < -0.3 is 15.0 Å². The van der Waals surface area contributed by atoms with Crippen molar-refractivity contribution < 1.29 is 14.3 Å². The van der Waals surface area contributed by atoms with Crippen molar-refractivity contribution in [1.29, 1.82) is 0 Å². The first-order valence-electron chi connectivity index (χ1n) is 12.5. The lowest BCUT2D eigenvalue weighted by atomic mass is 10.0. The summed E-state index contributed by atoms with van der Waals surface area (Å²) in [6.45, 7) is 2.17. The van der Waals surface area contributed by atoms with Gasteiger partial charge in [0.2, 0.25) is 5.91 Å². The maximum absolute atomic E-state index is 13.6. The van der Waals surface area contributed by atoms with Gasteiger partial charge in [-0.05, 0) is 42.5 Å². The number of benzene rings is 3. The number of carbonyl (C=O) groups excluding carboxylic acids is 2. The van der Waals surface area contributed by atoms with Crippen LogP contribution in [0.5, 0.6) is 5.75 Å². The molecule has 182 valence electrons. The zero-order valence-corrected chi connectivity index (χ0v) is 20.4. The van der Waals surface area contributed by atoms with Crippen molar-refractivity contribution in [3.8, 4) is 5.75 Å². The summed E-state index contributed by atoms with van der Waals surface area (Å²) in [4.78, 5) is 28.9. The van der Waals surface area contributed by atoms with Crippen molar-refractivity contribution in [1.82, 2.24) is 10.2 Å². The Morgan fingerprint density at radius 2 is 1.49 bits per heavy atom. The molecule has 0 heterocycles. The number of nitrogens with one attached hydrogen (secondary N) is 1. The Bertz CT molecular complexity index is 1090. The lowest BCUT2D eigenvalue weighted by molar-refractivity contribution is -0.143. The van der Waals surface area contributed by atoms with Gasteiger partial charge in [-0.3, -0.25) is 9.59 Å². The van der Waals surface area contributed by atoms with E-state index in [0.717, 1.165) is 42.4 Å². The number of ether oxygens (including phenoxy) is 1. The van der Waals surface area contributed by atoms with Crippen LogP contribution in [0.15, 0.2) is 84.9 Å². The molecule has 4 rings (SSSR count). The SMILES string of the molecule is Cc1ccccc1OCC(=O)N(Cc1ccccc1)[C@H](Cc1ccccc1)C(=O)NC1CCCC1. The lowest BCUT2D eigenvalue weighted by Crippen LogP contribution is -2.53. The van der Waals surface area contributed by atoms with Crippen molar-refractivity contribution in [3.63, 3.8) is 0 Å². The van der Waals surface area contributed by atoms with Gasteiger partial charge in [0.25, 0.3) is 5.91 Å². The number of aryl methyl sites for hydroxylation is 1. The Morgan fingerprint density at radius 1 is 0.886 bits per heavy atom. The topological polar surface area (TPSA) is 58.6 Å². The van der Waals surface area contributed by atoms with Crippen LogP contribution in [0.1, 0.15) is 42.4 Å². The first-order chi connectivity index (χ1) is 17.1. The number of nitrogens with zero attached hydrogens (tertiary/aromatic N) is 1. The van der Waals surface area contributed by atoms with E-state index in [1.165, 1.54) is 0 Å². The molecule has 0 unspecified atom stereocenters. The molecular weight excluding hydrogens is 436 g/mol.